The Labute approximate surface area is 151 Å². The Kier molecular flexibility index (Phi) is 5.16. The first-order chi connectivity index (χ1) is 12.4. The predicted molar refractivity (Wildman–Crippen MR) is 103 cm³/mol. The standard InChI is InChI=1S/C22H29N3/c1-3-8-20(9-4-1)22(21-10-5-2-6-11-21)13-7-14-25(18-22)15-12-19-16-23-24-17-19/h1-6,8-11,19,23-24H,7,12-18H2. The van der Waals surface area contributed by atoms with Gasteiger partial charge in [0.1, 0.15) is 0 Å². The lowest BCUT2D eigenvalue weighted by Gasteiger charge is -2.44. The van der Waals surface area contributed by atoms with Crippen molar-refractivity contribution in [2.45, 2.75) is 24.7 Å². The molecule has 0 aliphatic carbocycles. The summed E-state index contributed by atoms with van der Waals surface area (Å²) in [4.78, 5) is 2.70. The molecule has 4 rings (SSSR count). The average Bonchev–Trinajstić information content (AvgIpc) is 3.22. The zero-order chi connectivity index (χ0) is 17.0. The highest BCUT2D eigenvalue weighted by molar-refractivity contribution is 5.40. The number of hydrogen-bond acceptors (Lipinski definition) is 3. The molecule has 0 saturated carbocycles. The van der Waals surface area contributed by atoms with Crippen LogP contribution in [0.5, 0.6) is 0 Å². The second kappa shape index (κ2) is 7.69. The average molecular weight is 335 g/mol. The minimum atomic E-state index is 0.132. The van der Waals surface area contributed by atoms with Crippen LogP contribution in [0.25, 0.3) is 0 Å². The summed E-state index contributed by atoms with van der Waals surface area (Å²) in [6.45, 7) is 5.78. The molecule has 0 bridgehead atoms. The van der Waals surface area contributed by atoms with Crippen LogP contribution in [0.4, 0.5) is 0 Å². The SMILES string of the molecule is c1ccc(C2(c3ccccc3)CCCN(CCC3CNNC3)C2)cc1. The van der Waals surface area contributed by atoms with Crippen molar-refractivity contribution < 1.29 is 0 Å². The van der Waals surface area contributed by atoms with Crippen LogP contribution >= 0.6 is 0 Å². The normalized spacial score (nSPS) is 21.4. The maximum atomic E-state index is 3.26. The topological polar surface area (TPSA) is 27.3 Å². The first-order valence-corrected chi connectivity index (χ1v) is 9.66. The molecule has 0 atom stereocenters. The van der Waals surface area contributed by atoms with Crippen LogP contribution in [0.15, 0.2) is 60.7 Å². The molecule has 2 aliphatic rings. The van der Waals surface area contributed by atoms with E-state index in [-0.39, 0.29) is 5.41 Å². The number of hydrazine groups is 1. The molecule has 0 aromatic heterocycles. The van der Waals surface area contributed by atoms with E-state index in [0.717, 1.165) is 25.6 Å². The van der Waals surface area contributed by atoms with Crippen molar-refractivity contribution in [2.24, 2.45) is 5.92 Å². The van der Waals surface area contributed by atoms with Crippen LogP contribution in [0, 0.1) is 5.92 Å². The number of benzene rings is 2. The van der Waals surface area contributed by atoms with Gasteiger partial charge in [-0.3, -0.25) is 10.9 Å². The molecule has 0 amide bonds. The first kappa shape index (κ1) is 16.8. The van der Waals surface area contributed by atoms with Crippen LogP contribution < -0.4 is 10.9 Å². The molecule has 2 heterocycles. The van der Waals surface area contributed by atoms with Gasteiger partial charge >= 0.3 is 0 Å². The Morgan fingerprint density at radius 1 is 0.880 bits per heavy atom. The third-order valence-electron chi connectivity index (χ3n) is 5.98. The van der Waals surface area contributed by atoms with E-state index in [1.165, 1.54) is 43.5 Å². The first-order valence-electron chi connectivity index (χ1n) is 9.66. The van der Waals surface area contributed by atoms with Crippen molar-refractivity contribution in [1.29, 1.82) is 0 Å². The van der Waals surface area contributed by atoms with Gasteiger partial charge in [0.25, 0.3) is 0 Å². The van der Waals surface area contributed by atoms with Crippen molar-refractivity contribution in [2.75, 3.05) is 32.7 Å². The largest absolute Gasteiger partial charge is 0.302 e. The smallest absolute Gasteiger partial charge is 0.0330 e. The fraction of sp³-hybridized carbons (Fsp3) is 0.455. The van der Waals surface area contributed by atoms with E-state index in [1.54, 1.807) is 0 Å². The van der Waals surface area contributed by atoms with E-state index in [0.29, 0.717) is 0 Å². The summed E-state index contributed by atoms with van der Waals surface area (Å²) in [6, 6.07) is 22.3. The molecule has 2 aromatic carbocycles. The minimum absolute atomic E-state index is 0.132. The molecule has 2 N–H and O–H groups in total. The van der Waals surface area contributed by atoms with Gasteiger partial charge in [-0.25, -0.2) is 0 Å². The molecule has 0 unspecified atom stereocenters. The molecule has 2 aliphatic heterocycles. The number of hydrogen-bond donors (Lipinski definition) is 2. The summed E-state index contributed by atoms with van der Waals surface area (Å²) >= 11 is 0. The van der Waals surface area contributed by atoms with E-state index in [9.17, 15) is 0 Å². The van der Waals surface area contributed by atoms with Gasteiger partial charge in [0, 0.05) is 25.0 Å². The quantitative estimate of drug-likeness (QED) is 0.879. The Bertz CT molecular complexity index is 610. The number of likely N-dealkylation sites (tertiary alicyclic amines) is 1. The molecule has 25 heavy (non-hydrogen) atoms. The summed E-state index contributed by atoms with van der Waals surface area (Å²) in [7, 11) is 0. The molecule has 3 nitrogen and oxygen atoms in total. The molecule has 2 aromatic rings. The van der Waals surface area contributed by atoms with Gasteiger partial charge in [0.2, 0.25) is 0 Å². The van der Waals surface area contributed by atoms with Gasteiger partial charge in [-0.1, -0.05) is 60.7 Å². The van der Waals surface area contributed by atoms with Gasteiger partial charge in [0.15, 0.2) is 0 Å². The van der Waals surface area contributed by atoms with Gasteiger partial charge in [-0.2, -0.15) is 0 Å². The zero-order valence-corrected chi connectivity index (χ0v) is 15.0. The highest BCUT2D eigenvalue weighted by Gasteiger charge is 2.38. The van der Waals surface area contributed by atoms with Crippen molar-refractivity contribution >= 4 is 0 Å². The third-order valence-corrected chi connectivity index (χ3v) is 5.98. The molecule has 132 valence electrons. The monoisotopic (exact) mass is 335 g/mol. The summed E-state index contributed by atoms with van der Waals surface area (Å²) < 4.78 is 0. The molecule has 2 saturated heterocycles. The number of nitrogens with zero attached hydrogens (tertiary/aromatic N) is 1. The second-order valence-corrected chi connectivity index (χ2v) is 7.61. The fourth-order valence-corrected chi connectivity index (χ4v) is 4.56. The molecular formula is C22H29N3. The highest BCUT2D eigenvalue weighted by atomic mass is 15.4. The van der Waals surface area contributed by atoms with Crippen molar-refractivity contribution in [3.8, 4) is 0 Å². The third kappa shape index (κ3) is 3.64. The van der Waals surface area contributed by atoms with Crippen molar-refractivity contribution in [3.05, 3.63) is 71.8 Å². The number of piperidine rings is 1. The highest BCUT2D eigenvalue weighted by Crippen LogP contribution is 2.40. The van der Waals surface area contributed by atoms with Gasteiger partial charge in [-0.15, -0.1) is 0 Å². The van der Waals surface area contributed by atoms with E-state index in [4.69, 9.17) is 0 Å². The lowest BCUT2D eigenvalue weighted by atomic mass is 9.69. The summed E-state index contributed by atoms with van der Waals surface area (Å²) in [5.41, 5.74) is 9.59. The number of nitrogens with one attached hydrogen (secondary N) is 2. The molecular weight excluding hydrogens is 306 g/mol. The molecule has 0 radical (unpaired) electrons. The lowest BCUT2D eigenvalue weighted by molar-refractivity contribution is 0.161. The Morgan fingerprint density at radius 3 is 2.08 bits per heavy atom. The van der Waals surface area contributed by atoms with Crippen molar-refractivity contribution in [3.63, 3.8) is 0 Å². The maximum Gasteiger partial charge on any atom is 0.0330 e. The maximum absolute atomic E-state index is 3.26. The van der Waals surface area contributed by atoms with Gasteiger partial charge < -0.3 is 4.90 Å². The Morgan fingerprint density at radius 2 is 1.48 bits per heavy atom. The van der Waals surface area contributed by atoms with Crippen molar-refractivity contribution in [1.82, 2.24) is 15.8 Å². The van der Waals surface area contributed by atoms with Gasteiger partial charge in [0.05, 0.1) is 0 Å². The zero-order valence-electron chi connectivity index (χ0n) is 15.0. The van der Waals surface area contributed by atoms with E-state index in [1.807, 2.05) is 0 Å². The predicted octanol–water partition coefficient (Wildman–Crippen LogP) is 3.18. The molecule has 3 heteroatoms. The second-order valence-electron chi connectivity index (χ2n) is 7.61. The Balaban J connectivity index is 1.57. The number of rotatable bonds is 5. The van der Waals surface area contributed by atoms with Crippen LogP contribution in [0.3, 0.4) is 0 Å². The van der Waals surface area contributed by atoms with E-state index in [2.05, 4.69) is 76.4 Å². The minimum Gasteiger partial charge on any atom is -0.302 e. The van der Waals surface area contributed by atoms with E-state index < -0.39 is 0 Å². The molecule has 0 spiro atoms. The fourth-order valence-electron chi connectivity index (χ4n) is 4.56. The lowest BCUT2D eigenvalue weighted by Crippen LogP contribution is -2.47. The summed E-state index contributed by atoms with van der Waals surface area (Å²) in [5, 5.41) is 0. The van der Waals surface area contributed by atoms with Crippen LogP contribution in [-0.2, 0) is 5.41 Å². The summed E-state index contributed by atoms with van der Waals surface area (Å²) in [5.74, 6) is 0.768. The van der Waals surface area contributed by atoms with E-state index >= 15 is 0 Å². The summed E-state index contributed by atoms with van der Waals surface area (Å²) in [6.07, 6.45) is 3.79. The Hall–Kier alpha value is -1.68. The van der Waals surface area contributed by atoms with Gasteiger partial charge in [-0.05, 0) is 49.4 Å². The van der Waals surface area contributed by atoms with Crippen LogP contribution in [-0.4, -0.2) is 37.6 Å². The van der Waals surface area contributed by atoms with Crippen LogP contribution in [0.2, 0.25) is 0 Å². The molecule has 2 fully saturated rings. The van der Waals surface area contributed by atoms with Crippen LogP contribution in [0.1, 0.15) is 30.4 Å².